The van der Waals surface area contributed by atoms with Crippen molar-refractivity contribution in [3.05, 3.63) is 35.5 Å². The van der Waals surface area contributed by atoms with Crippen LogP contribution in [0, 0.1) is 0 Å². The molecular weight excluding hydrogens is 248 g/mol. The predicted octanol–water partition coefficient (Wildman–Crippen LogP) is 0.664. The van der Waals surface area contributed by atoms with E-state index in [-0.39, 0.29) is 12.6 Å². The van der Waals surface area contributed by atoms with E-state index in [4.69, 9.17) is 14.2 Å². The zero-order valence-corrected chi connectivity index (χ0v) is 10.4. The average Bonchev–Trinajstić information content (AvgIpc) is 2.87. The first-order chi connectivity index (χ1) is 9.28. The number of hydrogen-bond donors (Lipinski definition) is 2. The molecule has 0 spiro atoms. The van der Waals surface area contributed by atoms with E-state index in [0.29, 0.717) is 12.4 Å². The zero-order valence-electron chi connectivity index (χ0n) is 10.4. The van der Waals surface area contributed by atoms with Gasteiger partial charge in [0, 0.05) is 24.4 Å². The van der Waals surface area contributed by atoms with E-state index in [1.807, 2.05) is 12.3 Å². The minimum Gasteiger partial charge on any atom is -0.489 e. The van der Waals surface area contributed by atoms with Gasteiger partial charge < -0.3 is 19.6 Å². The fraction of sp³-hybridized carbons (Fsp3) is 0.308. The number of hydrazine groups is 1. The number of methoxy groups -OCH3 is 1. The maximum Gasteiger partial charge on any atom is 0.337 e. The van der Waals surface area contributed by atoms with Crippen LogP contribution in [0.25, 0.3) is 0 Å². The first kappa shape index (κ1) is 12.0. The molecule has 1 unspecified atom stereocenters. The Morgan fingerprint density at radius 3 is 3.26 bits per heavy atom. The number of carbonyl (C=O) groups excluding carboxylic acids is 1. The van der Waals surface area contributed by atoms with Crippen molar-refractivity contribution in [1.29, 1.82) is 0 Å². The number of fused-ring (bicyclic) bond motifs is 3. The van der Waals surface area contributed by atoms with E-state index < -0.39 is 5.97 Å². The molecule has 0 saturated heterocycles. The Hall–Kier alpha value is -2.05. The van der Waals surface area contributed by atoms with Crippen LogP contribution in [-0.4, -0.2) is 26.3 Å². The Kier molecular flexibility index (Phi) is 3.10. The Bertz CT molecular complexity index is 541. The van der Waals surface area contributed by atoms with Gasteiger partial charge >= 0.3 is 5.97 Å². The molecule has 0 amide bonds. The van der Waals surface area contributed by atoms with Crippen LogP contribution in [0.2, 0.25) is 0 Å². The van der Waals surface area contributed by atoms with Gasteiger partial charge in [0.25, 0.3) is 0 Å². The monoisotopic (exact) mass is 262 g/mol. The number of carbonyl (C=O) groups is 1. The van der Waals surface area contributed by atoms with E-state index in [2.05, 4.69) is 10.9 Å². The maximum absolute atomic E-state index is 11.4. The highest BCUT2D eigenvalue weighted by atomic mass is 16.6. The highest BCUT2D eigenvalue weighted by Gasteiger charge is 2.29. The molecule has 3 rings (SSSR count). The maximum atomic E-state index is 11.4. The lowest BCUT2D eigenvalue weighted by atomic mass is 9.98. The van der Waals surface area contributed by atoms with Gasteiger partial charge in [-0.25, -0.2) is 10.2 Å². The highest BCUT2D eigenvalue weighted by molar-refractivity contribution is 5.73. The predicted molar refractivity (Wildman–Crippen MR) is 66.5 cm³/mol. The first-order valence-corrected chi connectivity index (χ1v) is 5.94. The molecule has 100 valence electrons. The fourth-order valence-electron chi connectivity index (χ4n) is 2.18. The van der Waals surface area contributed by atoms with Crippen molar-refractivity contribution in [2.24, 2.45) is 0 Å². The van der Waals surface area contributed by atoms with E-state index in [1.165, 1.54) is 7.11 Å². The molecule has 2 heterocycles. The molecule has 1 aromatic rings. The van der Waals surface area contributed by atoms with Crippen molar-refractivity contribution in [3.63, 3.8) is 0 Å². The second-order valence-electron chi connectivity index (χ2n) is 4.34. The second-order valence-corrected chi connectivity index (χ2v) is 4.34. The molecule has 2 aliphatic rings. The molecule has 2 N–H and O–H groups in total. The number of ether oxygens (including phenoxy) is 3. The fourth-order valence-corrected chi connectivity index (χ4v) is 2.18. The lowest BCUT2D eigenvalue weighted by Gasteiger charge is -2.25. The molecule has 6 heteroatoms. The van der Waals surface area contributed by atoms with Crippen molar-refractivity contribution in [2.75, 3.05) is 20.3 Å². The molecular formula is C13H14N2O4. The smallest absolute Gasteiger partial charge is 0.337 e. The van der Waals surface area contributed by atoms with E-state index in [1.54, 1.807) is 12.1 Å². The Balaban J connectivity index is 1.84. The summed E-state index contributed by atoms with van der Waals surface area (Å²) in [6, 6.07) is 5.38. The number of rotatable bonds is 3. The summed E-state index contributed by atoms with van der Waals surface area (Å²) in [5, 5.41) is 0. The van der Waals surface area contributed by atoms with Gasteiger partial charge in [0.1, 0.15) is 24.7 Å². The molecule has 1 aromatic carbocycles. The molecule has 0 saturated carbocycles. The lowest BCUT2D eigenvalue weighted by Crippen LogP contribution is -2.28. The van der Waals surface area contributed by atoms with Crippen LogP contribution in [0.15, 0.2) is 30.0 Å². The molecule has 2 aliphatic heterocycles. The number of esters is 1. The van der Waals surface area contributed by atoms with Crippen LogP contribution in [0.4, 0.5) is 0 Å². The topological polar surface area (TPSA) is 68.8 Å². The number of nitrogens with one attached hydrogen (secondary N) is 2. The summed E-state index contributed by atoms with van der Waals surface area (Å²) in [5.74, 6) is 0.858. The van der Waals surface area contributed by atoms with Gasteiger partial charge in [-0.1, -0.05) is 0 Å². The molecule has 1 atom stereocenters. The van der Waals surface area contributed by atoms with Crippen molar-refractivity contribution in [1.82, 2.24) is 10.9 Å². The third-order valence-corrected chi connectivity index (χ3v) is 3.04. The summed E-state index contributed by atoms with van der Waals surface area (Å²) in [4.78, 5) is 11.4. The summed E-state index contributed by atoms with van der Waals surface area (Å²) in [5.41, 5.74) is 8.17. The molecule has 6 nitrogen and oxygen atoms in total. The van der Waals surface area contributed by atoms with Gasteiger partial charge in [0.2, 0.25) is 0 Å². The van der Waals surface area contributed by atoms with Crippen LogP contribution in [-0.2, 0) is 9.53 Å². The minimum atomic E-state index is -0.424. The van der Waals surface area contributed by atoms with Gasteiger partial charge in [-0.2, -0.15) is 0 Å². The summed E-state index contributed by atoms with van der Waals surface area (Å²) in [6.45, 7) is 0.489. The third-order valence-electron chi connectivity index (χ3n) is 3.04. The summed E-state index contributed by atoms with van der Waals surface area (Å²) in [7, 11) is 1.45. The average molecular weight is 262 g/mol. The lowest BCUT2D eigenvalue weighted by molar-refractivity contribution is -0.138. The molecule has 19 heavy (non-hydrogen) atoms. The molecule has 0 aromatic heterocycles. The minimum absolute atomic E-state index is 0.0600. The van der Waals surface area contributed by atoms with Gasteiger partial charge in [-0.05, 0) is 18.2 Å². The van der Waals surface area contributed by atoms with Crippen molar-refractivity contribution in [3.8, 4) is 11.5 Å². The standard InChI is InChI=1S/C13H14N2O4/c1-17-7-12(16)19-9-2-3-11-10(4-9)13-8(6-18-11)5-14-15-13/h2-5,13-15H,6-7H2,1H3. The van der Waals surface area contributed by atoms with Gasteiger partial charge in [-0.3, -0.25) is 0 Å². The number of benzene rings is 1. The summed E-state index contributed by atoms with van der Waals surface area (Å²) in [6.07, 6.45) is 1.89. The first-order valence-electron chi connectivity index (χ1n) is 5.94. The van der Waals surface area contributed by atoms with E-state index >= 15 is 0 Å². The van der Waals surface area contributed by atoms with Crippen LogP contribution in [0.3, 0.4) is 0 Å². The Morgan fingerprint density at radius 2 is 2.42 bits per heavy atom. The van der Waals surface area contributed by atoms with Crippen LogP contribution < -0.4 is 20.3 Å². The second kappa shape index (κ2) is 4.91. The Labute approximate surface area is 110 Å². The normalized spacial score (nSPS) is 19.6. The van der Waals surface area contributed by atoms with Crippen molar-refractivity contribution < 1.29 is 19.0 Å². The van der Waals surface area contributed by atoms with Gasteiger partial charge in [0.15, 0.2) is 0 Å². The Morgan fingerprint density at radius 1 is 1.53 bits per heavy atom. The SMILES string of the molecule is COCC(=O)Oc1ccc2c(c1)C1NNC=C1CO2. The zero-order chi connectivity index (χ0) is 13.2. The van der Waals surface area contributed by atoms with Gasteiger partial charge in [0.05, 0.1) is 6.04 Å². The number of hydrogen-bond acceptors (Lipinski definition) is 6. The molecule has 0 fully saturated rings. The van der Waals surface area contributed by atoms with Gasteiger partial charge in [-0.15, -0.1) is 0 Å². The van der Waals surface area contributed by atoms with E-state index in [9.17, 15) is 4.79 Å². The van der Waals surface area contributed by atoms with E-state index in [0.717, 1.165) is 16.9 Å². The largest absolute Gasteiger partial charge is 0.489 e. The summed E-state index contributed by atoms with van der Waals surface area (Å²) < 4.78 is 15.5. The molecule has 0 radical (unpaired) electrons. The summed E-state index contributed by atoms with van der Waals surface area (Å²) >= 11 is 0. The van der Waals surface area contributed by atoms with Crippen LogP contribution in [0.1, 0.15) is 11.6 Å². The molecule has 0 aliphatic carbocycles. The van der Waals surface area contributed by atoms with Crippen molar-refractivity contribution >= 4 is 5.97 Å². The quantitative estimate of drug-likeness (QED) is 0.616. The van der Waals surface area contributed by atoms with Crippen molar-refractivity contribution in [2.45, 2.75) is 6.04 Å². The van der Waals surface area contributed by atoms with Crippen LogP contribution >= 0.6 is 0 Å². The third kappa shape index (κ3) is 2.27. The highest BCUT2D eigenvalue weighted by Crippen LogP contribution is 2.38. The van der Waals surface area contributed by atoms with Crippen LogP contribution in [0.5, 0.6) is 11.5 Å². The molecule has 0 bridgehead atoms.